The number of primary amides is 1. The van der Waals surface area contributed by atoms with Gasteiger partial charge in [0, 0.05) is 44.7 Å². The topological polar surface area (TPSA) is 454 Å². The van der Waals surface area contributed by atoms with Crippen LogP contribution in [0.5, 0.6) is 0 Å². The molecule has 3 unspecified atom stereocenters. The van der Waals surface area contributed by atoms with Crippen molar-refractivity contribution < 1.29 is 81.8 Å². The van der Waals surface area contributed by atoms with Gasteiger partial charge >= 0.3 is 13.8 Å². The van der Waals surface area contributed by atoms with E-state index in [1.54, 1.807) is 44.2 Å². The highest BCUT2D eigenvalue weighted by Gasteiger charge is 2.47. The zero-order chi connectivity index (χ0) is 58.2. The third-order valence-electron chi connectivity index (χ3n) is 13.0. The van der Waals surface area contributed by atoms with Gasteiger partial charge in [0.2, 0.25) is 53.2 Å². The van der Waals surface area contributed by atoms with E-state index in [0.717, 1.165) is 11.8 Å². The molecule has 430 valence electrons. The minimum absolute atomic E-state index is 0.00294. The molecule has 2 fully saturated rings. The van der Waals surface area contributed by atoms with Crippen molar-refractivity contribution in [3.05, 3.63) is 54.1 Å². The van der Waals surface area contributed by atoms with Gasteiger partial charge in [0.1, 0.15) is 42.3 Å². The normalized spacial score (nSPS) is 18.9. The summed E-state index contributed by atoms with van der Waals surface area (Å²) in [5.41, 5.74) is 12.8. The average Bonchev–Trinajstić information content (AvgIpc) is 4.19. The van der Waals surface area contributed by atoms with E-state index in [0.29, 0.717) is 24.1 Å². The molecule has 3 heterocycles. The number of aromatic nitrogens is 2. The number of rotatable bonds is 29. The number of hydrogen-bond donors (Lipinski definition) is 13. The number of phosphoric acid groups is 1. The summed E-state index contributed by atoms with van der Waals surface area (Å²) in [6, 6.07) is -4.93. The molecule has 0 aliphatic carbocycles. The highest BCUT2D eigenvalue weighted by atomic mass is 31.2. The number of ketones is 1. The Morgan fingerprint density at radius 2 is 1.35 bits per heavy atom. The summed E-state index contributed by atoms with van der Waals surface area (Å²) in [6.07, 6.45) is 0.502. The van der Waals surface area contributed by atoms with Crippen molar-refractivity contribution in [3.63, 3.8) is 0 Å². The van der Waals surface area contributed by atoms with E-state index >= 15 is 0 Å². The maximum Gasteiger partial charge on any atom is 0.469 e. The number of nitrogens with two attached hydrogens (primary N) is 2. The summed E-state index contributed by atoms with van der Waals surface area (Å²) in [6.45, 7) is 5.79. The van der Waals surface area contributed by atoms with Crippen LogP contribution in [0.2, 0.25) is 0 Å². The molecule has 0 radical (unpaired) electrons. The number of benzene rings is 1. The van der Waals surface area contributed by atoms with Crippen LogP contribution in [0.15, 0.2) is 42.9 Å². The Morgan fingerprint density at radius 1 is 0.769 bits per heavy atom. The zero-order valence-electron chi connectivity index (χ0n) is 43.8. The fourth-order valence-electron chi connectivity index (χ4n) is 9.17. The molecule has 4 rings (SSSR count). The predicted octanol–water partition coefficient (Wildman–Crippen LogP) is -3.87. The standard InChI is InChI=1S/C48H71N12O17P/c1-24(2)17-30(42(67)55-32(19-29-21-51-23-52-29)44(69)57-34(22-61)45(70)58-39(26(4)77-78(74,75)76)46(71)53-25(3)41(50)66)38(49)40(65)35-13-9-15-59(35)48(73)36-14-10-16-60(36)47(72)33(20-37(63)64)56-43(68)31(54-27(5)62)18-28-11-7-6-8-12-28/h6-8,11-12,21,23-26,30-36,38-39,61H,9-10,13-20,22,49H2,1-5H3,(H2,50,66)(H,51,52)(H,53,71)(H,54,62)(H,55,67)(H,56,68)(H,57,69)(H,58,70)(H,63,64)(H2,74,75,76)/t25?,26-,30-,31+,32+,33+,34+,35+,36?,38?,39+/m1/s1. The summed E-state index contributed by atoms with van der Waals surface area (Å²) in [7, 11) is -5.28. The molecule has 1 aromatic carbocycles. The molecule has 0 saturated carbocycles. The molecular formula is C48H71N12O17P. The molecule has 11 atom stereocenters. The summed E-state index contributed by atoms with van der Waals surface area (Å²) in [4.78, 5) is 176. The number of phosphoric ester groups is 1. The molecular weight excluding hydrogens is 1050 g/mol. The second kappa shape index (κ2) is 29.0. The van der Waals surface area contributed by atoms with Crippen LogP contribution in [0.1, 0.15) is 84.4 Å². The van der Waals surface area contributed by atoms with E-state index in [-0.39, 0.29) is 51.1 Å². The number of likely N-dealkylation sites (tertiary alicyclic amines) is 2. The van der Waals surface area contributed by atoms with E-state index in [1.165, 1.54) is 31.3 Å². The van der Waals surface area contributed by atoms with E-state index < -0.39 is 152 Å². The molecule has 15 N–H and O–H groups in total. The first-order valence-corrected chi connectivity index (χ1v) is 26.7. The van der Waals surface area contributed by atoms with Crippen LogP contribution in [-0.4, -0.2) is 185 Å². The smallest absolute Gasteiger partial charge is 0.469 e. The van der Waals surface area contributed by atoms with Gasteiger partial charge in [-0.3, -0.25) is 57.3 Å². The number of aliphatic hydroxyl groups excluding tert-OH is 1. The molecule has 29 nitrogen and oxygen atoms in total. The number of aromatic amines is 1. The van der Waals surface area contributed by atoms with Crippen LogP contribution < -0.4 is 43.4 Å². The number of aliphatic hydroxyl groups is 1. The van der Waals surface area contributed by atoms with Gasteiger partial charge in [-0.15, -0.1) is 0 Å². The lowest BCUT2D eigenvalue weighted by atomic mass is 9.85. The maximum atomic E-state index is 14.5. The van der Waals surface area contributed by atoms with Gasteiger partial charge in [-0.05, 0) is 57.4 Å². The van der Waals surface area contributed by atoms with Gasteiger partial charge < -0.3 is 78.2 Å². The molecule has 2 aliphatic rings. The number of hydrogen-bond acceptors (Lipinski definition) is 16. The van der Waals surface area contributed by atoms with Crippen molar-refractivity contribution in [1.82, 2.24) is 51.7 Å². The molecule has 0 bridgehead atoms. The third kappa shape index (κ3) is 18.5. The first kappa shape index (κ1) is 63.4. The lowest BCUT2D eigenvalue weighted by molar-refractivity contribution is -0.149. The second-order valence-corrected chi connectivity index (χ2v) is 20.8. The van der Waals surface area contributed by atoms with Crippen LogP contribution in [0, 0.1) is 11.8 Å². The molecule has 30 heteroatoms. The maximum absolute atomic E-state index is 14.5. The summed E-state index contributed by atoms with van der Waals surface area (Å²) >= 11 is 0. The van der Waals surface area contributed by atoms with Crippen molar-refractivity contribution >= 4 is 72.7 Å². The number of carboxylic acid groups (broad SMARTS) is 1. The Hall–Kier alpha value is -7.17. The van der Waals surface area contributed by atoms with Crippen LogP contribution in [0.4, 0.5) is 0 Å². The highest BCUT2D eigenvalue weighted by Crippen LogP contribution is 2.38. The average molecular weight is 1120 g/mol. The number of nitrogens with zero attached hydrogens (tertiary/aromatic N) is 3. The third-order valence-corrected chi connectivity index (χ3v) is 13.7. The molecule has 1 aromatic heterocycles. The summed E-state index contributed by atoms with van der Waals surface area (Å²) < 4.78 is 16.2. The number of imidazole rings is 1. The van der Waals surface area contributed by atoms with Crippen LogP contribution in [-0.2, 0) is 74.7 Å². The van der Waals surface area contributed by atoms with E-state index in [9.17, 15) is 77.3 Å². The number of Topliss-reactive ketones (excluding diaryl/α,β-unsaturated/α-hetero) is 1. The number of amides is 9. The van der Waals surface area contributed by atoms with Gasteiger partial charge in [-0.1, -0.05) is 44.2 Å². The van der Waals surface area contributed by atoms with Gasteiger partial charge in [0.25, 0.3) is 0 Å². The number of carbonyl (C=O) groups is 11. The molecule has 2 saturated heterocycles. The Bertz CT molecular complexity index is 2530. The fourth-order valence-corrected chi connectivity index (χ4v) is 9.73. The zero-order valence-corrected chi connectivity index (χ0v) is 44.7. The predicted molar refractivity (Wildman–Crippen MR) is 272 cm³/mol. The lowest BCUT2D eigenvalue weighted by Gasteiger charge is -2.34. The van der Waals surface area contributed by atoms with Crippen molar-refractivity contribution in [3.8, 4) is 0 Å². The number of carbonyl (C=O) groups excluding carboxylic acids is 10. The van der Waals surface area contributed by atoms with Crippen molar-refractivity contribution in [1.29, 1.82) is 0 Å². The van der Waals surface area contributed by atoms with Crippen molar-refractivity contribution in [2.75, 3.05) is 19.7 Å². The molecule has 0 spiro atoms. The number of nitrogens with one attached hydrogen (secondary N) is 7. The minimum Gasteiger partial charge on any atom is -0.481 e. The molecule has 9 amide bonds. The van der Waals surface area contributed by atoms with Gasteiger partial charge in [-0.25, -0.2) is 9.55 Å². The Morgan fingerprint density at radius 3 is 1.90 bits per heavy atom. The first-order chi connectivity index (χ1) is 36.6. The van der Waals surface area contributed by atoms with E-state index in [2.05, 4.69) is 46.4 Å². The largest absolute Gasteiger partial charge is 0.481 e. The van der Waals surface area contributed by atoms with E-state index in [1.807, 2.05) is 0 Å². The first-order valence-electron chi connectivity index (χ1n) is 25.2. The molecule has 2 aromatic rings. The summed E-state index contributed by atoms with van der Waals surface area (Å²) in [5, 5.41) is 34.2. The molecule has 78 heavy (non-hydrogen) atoms. The van der Waals surface area contributed by atoms with Gasteiger partial charge in [-0.2, -0.15) is 0 Å². The van der Waals surface area contributed by atoms with Gasteiger partial charge in [0.05, 0.1) is 43.5 Å². The molecule has 2 aliphatic heterocycles. The monoisotopic (exact) mass is 1120 g/mol. The van der Waals surface area contributed by atoms with Crippen LogP contribution in [0.3, 0.4) is 0 Å². The summed E-state index contributed by atoms with van der Waals surface area (Å²) in [5.74, 6) is -12.2. The van der Waals surface area contributed by atoms with Crippen molar-refractivity contribution in [2.45, 2.75) is 146 Å². The number of H-pyrrole nitrogens is 1. The Kier molecular flexibility index (Phi) is 23.5. The van der Waals surface area contributed by atoms with Crippen LogP contribution in [0.25, 0.3) is 0 Å². The van der Waals surface area contributed by atoms with Crippen molar-refractivity contribution in [2.24, 2.45) is 23.3 Å². The second-order valence-electron chi connectivity index (χ2n) is 19.7. The Labute approximate surface area is 448 Å². The highest BCUT2D eigenvalue weighted by molar-refractivity contribution is 7.46. The fraction of sp³-hybridized carbons (Fsp3) is 0.583. The van der Waals surface area contributed by atoms with Gasteiger partial charge in [0.15, 0.2) is 5.78 Å². The lowest BCUT2D eigenvalue weighted by Crippen LogP contribution is -2.62. The Balaban J connectivity index is 1.54. The number of aliphatic carboxylic acids is 1. The SMILES string of the molecule is CC(=O)N[C@@H](Cc1ccccc1)C(=O)N[C@@H](CC(=O)O)C(=O)N1CCCC1C(=O)N1CCC[C@H]1C(=O)C(N)[C@@H](CC(C)C)C(=O)N[C@@H](Cc1cnc[nH]1)C(=O)N[C@@H](CO)C(=O)N[C@H](C(=O)NC(C)C(N)=O)[C@@H](C)OP(=O)(O)O. The minimum atomic E-state index is -5.28. The quantitative estimate of drug-likeness (QED) is 0.0347. The van der Waals surface area contributed by atoms with Crippen LogP contribution >= 0.6 is 7.82 Å². The number of carboxylic acids is 1. The van der Waals surface area contributed by atoms with E-state index in [4.69, 9.17) is 11.5 Å².